The van der Waals surface area contributed by atoms with Crippen LogP contribution in [0.2, 0.25) is 0 Å². The number of hydrogen-bond acceptors (Lipinski definition) is 2. The van der Waals surface area contributed by atoms with E-state index in [1.165, 1.54) is 0 Å². The quantitative estimate of drug-likeness (QED) is 0.802. The molecule has 3 nitrogen and oxygen atoms in total. The number of Topliss-reactive ketones (excluding diaryl/α,β-unsaturated/α-hetero) is 1. The Labute approximate surface area is 136 Å². The van der Waals surface area contributed by atoms with Gasteiger partial charge in [-0.05, 0) is 30.5 Å². The molecule has 1 saturated carbocycles. The Hall–Kier alpha value is -2.68. The van der Waals surface area contributed by atoms with Crippen LogP contribution in [-0.2, 0) is 11.3 Å². The van der Waals surface area contributed by atoms with Gasteiger partial charge in [0, 0.05) is 23.8 Å². The molecule has 0 bridgehead atoms. The van der Waals surface area contributed by atoms with Crippen molar-refractivity contribution in [2.24, 2.45) is 0 Å². The molecule has 116 valence electrons. The summed E-state index contributed by atoms with van der Waals surface area (Å²) in [5.74, 6) is 0.0746. The van der Waals surface area contributed by atoms with Crippen molar-refractivity contribution in [1.29, 1.82) is 0 Å². The van der Waals surface area contributed by atoms with Gasteiger partial charge in [0.15, 0.2) is 5.78 Å². The number of rotatable bonds is 4. The minimum absolute atomic E-state index is 0.0818. The van der Waals surface area contributed by atoms with Gasteiger partial charge in [0.2, 0.25) is 0 Å². The Bertz CT molecular complexity index is 720. The smallest absolute Gasteiger partial charge is 0.258 e. The Balaban J connectivity index is 1.90. The molecular weight excluding hydrogens is 286 g/mol. The van der Waals surface area contributed by atoms with Gasteiger partial charge < -0.3 is 4.90 Å². The molecule has 23 heavy (non-hydrogen) atoms. The topological polar surface area (TPSA) is 37.4 Å². The number of nitrogens with zero attached hydrogens (tertiary/aromatic N) is 1. The molecule has 0 unspecified atom stereocenters. The van der Waals surface area contributed by atoms with Crippen LogP contribution in [0, 0.1) is 0 Å². The molecule has 3 heteroatoms. The van der Waals surface area contributed by atoms with E-state index in [0.29, 0.717) is 18.5 Å². The van der Waals surface area contributed by atoms with Crippen molar-refractivity contribution in [3.8, 4) is 0 Å². The van der Waals surface area contributed by atoms with Crippen LogP contribution in [0.3, 0.4) is 0 Å². The molecule has 1 fully saturated rings. The molecule has 1 aliphatic carbocycles. The first-order chi connectivity index (χ1) is 11.2. The van der Waals surface area contributed by atoms with Gasteiger partial charge in [0.05, 0.1) is 6.54 Å². The third kappa shape index (κ3) is 3.75. The lowest BCUT2D eigenvalue weighted by molar-refractivity contribution is -0.114. The molecule has 0 aromatic heterocycles. The van der Waals surface area contributed by atoms with Crippen molar-refractivity contribution in [2.75, 3.05) is 0 Å². The molecule has 0 radical (unpaired) electrons. The third-order valence-corrected chi connectivity index (χ3v) is 4.00. The summed E-state index contributed by atoms with van der Waals surface area (Å²) in [6, 6.07) is 19.0. The standard InChI is InChI=1S/C20H19NO2/c22-19-13-7-12-18(19)15-21(14-16-8-3-1-4-9-16)20(23)17-10-5-2-6-11-17/h1-6,8-11,15H,7,12-14H2/b18-15+. The zero-order chi connectivity index (χ0) is 16.1. The van der Waals surface area contributed by atoms with E-state index >= 15 is 0 Å². The van der Waals surface area contributed by atoms with Gasteiger partial charge in [-0.25, -0.2) is 0 Å². The van der Waals surface area contributed by atoms with Crippen LogP contribution in [0.1, 0.15) is 35.2 Å². The average molecular weight is 305 g/mol. The molecule has 0 aliphatic heterocycles. The fraction of sp³-hybridized carbons (Fsp3) is 0.200. The fourth-order valence-corrected chi connectivity index (χ4v) is 2.77. The van der Waals surface area contributed by atoms with E-state index < -0.39 is 0 Å². The van der Waals surface area contributed by atoms with E-state index in [4.69, 9.17) is 0 Å². The highest BCUT2D eigenvalue weighted by Gasteiger charge is 2.21. The molecule has 0 spiro atoms. The van der Waals surface area contributed by atoms with E-state index in [2.05, 4.69) is 0 Å². The Kier molecular flexibility index (Phi) is 4.67. The summed E-state index contributed by atoms with van der Waals surface area (Å²) >= 11 is 0. The first-order valence-corrected chi connectivity index (χ1v) is 7.88. The van der Waals surface area contributed by atoms with Crippen molar-refractivity contribution in [3.63, 3.8) is 0 Å². The summed E-state index contributed by atoms with van der Waals surface area (Å²) in [6.45, 7) is 0.464. The third-order valence-electron chi connectivity index (χ3n) is 4.00. The summed E-state index contributed by atoms with van der Waals surface area (Å²) in [6.07, 6.45) is 3.97. The van der Waals surface area contributed by atoms with E-state index in [-0.39, 0.29) is 11.7 Å². The van der Waals surface area contributed by atoms with Crippen LogP contribution in [0.4, 0.5) is 0 Å². The summed E-state index contributed by atoms with van der Waals surface area (Å²) in [5, 5.41) is 0. The van der Waals surface area contributed by atoms with E-state index in [1.54, 1.807) is 23.2 Å². The summed E-state index contributed by atoms with van der Waals surface area (Å²) in [7, 11) is 0. The van der Waals surface area contributed by atoms with Gasteiger partial charge in [-0.15, -0.1) is 0 Å². The predicted octanol–water partition coefficient (Wildman–Crippen LogP) is 3.97. The predicted molar refractivity (Wildman–Crippen MR) is 89.7 cm³/mol. The zero-order valence-corrected chi connectivity index (χ0v) is 12.9. The minimum atomic E-state index is -0.0818. The number of benzene rings is 2. The van der Waals surface area contributed by atoms with Gasteiger partial charge in [-0.3, -0.25) is 9.59 Å². The lowest BCUT2D eigenvalue weighted by atomic mass is 10.1. The Morgan fingerprint density at radius 1 is 0.957 bits per heavy atom. The molecule has 2 aromatic rings. The highest BCUT2D eigenvalue weighted by molar-refractivity contribution is 5.99. The lowest BCUT2D eigenvalue weighted by Crippen LogP contribution is -2.26. The second kappa shape index (κ2) is 7.05. The molecule has 1 aliphatic rings. The van der Waals surface area contributed by atoms with E-state index in [0.717, 1.165) is 24.0 Å². The van der Waals surface area contributed by atoms with Crippen molar-refractivity contribution in [2.45, 2.75) is 25.8 Å². The lowest BCUT2D eigenvalue weighted by Gasteiger charge is -2.20. The number of carbonyl (C=O) groups excluding carboxylic acids is 2. The molecule has 2 aromatic carbocycles. The van der Waals surface area contributed by atoms with Crippen molar-refractivity contribution in [1.82, 2.24) is 4.90 Å². The summed E-state index contributed by atoms with van der Waals surface area (Å²) in [4.78, 5) is 26.4. The Morgan fingerprint density at radius 2 is 1.61 bits per heavy atom. The van der Waals surface area contributed by atoms with Crippen LogP contribution in [-0.4, -0.2) is 16.6 Å². The van der Waals surface area contributed by atoms with Gasteiger partial charge >= 0.3 is 0 Å². The van der Waals surface area contributed by atoms with Gasteiger partial charge in [0.25, 0.3) is 5.91 Å². The first kappa shape index (κ1) is 15.2. The van der Waals surface area contributed by atoms with E-state index in [9.17, 15) is 9.59 Å². The normalized spacial score (nSPS) is 15.8. The van der Waals surface area contributed by atoms with Crippen molar-refractivity contribution >= 4 is 11.7 Å². The second-order valence-corrected chi connectivity index (χ2v) is 5.72. The van der Waals surface area contributed by atoms with Gasteiger partial charge in [0.1, 0.15) is 0 Å². The van der Waals surface area contributed by atoms with Gasteiger partial charge in [-0.2, -0.15) is 0 Å². The molecular formula is C20H19NO2. The number of amides is 1. The van der Waals surface area contributed by atoms with Crippen LogP contribution in [0.25, 0.3) is 0 Å². The molecule has 0 heterocycles. The van der Waals surface area contributed by atoms with Crippen LogP contribution in [0.15, 0.2) is 72.4 Å². The summed E-state index contributed by atoms with van der Waals surface area (Å²) < 4.78 is 0. The number of hydrogen-bond donors (Lipinski definition) is 0. The summed E-state index contributed by atoms with van der Waals surface area (Å²) in [5.41, 5.74) is 2.43. The van der Waals surface area contributed by atoms with E-state index in [1.807, 2.05) is 48.5 Å². The maximum atomic E-state index is 12.8. The minimum Gasteiger partial charge on any atom is -0.310 e. The zero-order valence-electron chi connectivity index (χ0n) is 12.9. The van der Waals surface area contributed by atoms with Crippen LogP contribution in [0.5, 0.6) is 0 Å². The highest BCUT2D eigenvalue weighted by atomic mass is 16.2. The molecule has 0 atom stereocenters. The SMILES string of the molecule is O=C1CCC/C1=C\N(Cc1ccccc1)C(=O)c1ccccc1. The molecule has 0 saturated heterocycles. The molecule has 1 amide bonds. The van der Waals surface area contributed by atoms with Gasteiger partial charge in [-0.1, -0.05) is 48.5 Å². The monoisotopic (exact) mass is 305 g/mol. The maximum Gasteiger partial charge on any atom is 0.258 e. The Morgan fingerprint density at radius 3 is 2.22 bits per heavy atom. The molecule has 3 rings (SSSR count). The average Bonchev–Trinajstić information content (AvgIpc) is 3.00. The van der Waals surface area contributed by atoms with Crippen molar-refractivity contribution in [3.05, 3.63) is 83.6 Å². The van der Waals surface area contributed by atoms with Crippen molar-refractivity contribution < 1.29 is 9.59 Å². The highest BCUT2D eigenvalue weighted by Crippen LogP contribution is 2.22. The first-order valence-electron chi connectivity index (χ1n) is 7.88. The molecule has 0 N–H and O–H groups in total. The fourth-order valence-electron chi connectivity index (χ4n) is 2.77. The number of carbonyl (C=O) groups is 2. The number of ketones is 1. The van der Waals surface area contributed by atoms with Crippen LogP contribution >= 0.6 is 0 Å². The second-order valence-electron chi connectivity index (χ2n) is 5.72. The van der Waals surface area contributed by atoms with Crippen LogP contribution < -0.4 is 0 Å². The largest absolute Gasteiger partial charge is 0.310 e. The number of allylic oxidation sites excluding steroid dienone is 1. The maximum absolute atomic E-state index is 12.8.